The Bertz CT molecular complexity index is 1810. The average molecular weight is 602 g/mol. The first-order valence-corrected chi connectivity index (χ1v) is 14.7. The minimum atomic E-state index is -0.450. The lowest BCUT2D eigenvalue weighted by molar-refractivity contribution is 0.0844. The summed E-state index contributed by atoms with van der Waals surface area (Å²) in [5.41, 5.74) is 9.24. The van der Waals surface area contributed by atoms with Gasteiger partial charge >= 0.3 is 0 Å². The Hall–Kier alpha value is -4.34. The van der Waals surface area contributed by atoms with Crippen molar-refractivity contribution in [3.8, 4) is 22.9 Å². The fraction of sp³-hybridized carbons (Fsp3) is 0.273. The number of halogens is 2. The highest BCUT2D eigenvalue weighted by Crippen LogP contribution is 2.34. The molecule has 8 nitrogen and oxygen atoms in total. The molecular weight excluding hydrogens is 569 g/mol. The molecule has 1 saturated heterocycles. The van der Waals surface area contributed by atoms with Gasteiger partial charge in [0, 0.05) is 30.0 Å². The third-order valence-corrected chi connectivity index (χ3v) is 8.23. The first-order valence-electron chi connectivity index (χ1n) is 14.3. The van der Waals surface area contributed by atoms with Crippen LogP contribution in [-0.4, -0.2) is 50.7 Å². The predicted molar refractivity (Wildman–Crippen MR) is 166 cm³/mol. The Balaban J connectivity index is 1.20. The first kappa shape index (κ1) is 28.8. The summed E-state index contributed by atoms with van der Waals surface area (Å²) in [5.74, 6) is 0.663. The third kappa shape index (κ3) is 5.83. The van der Waals surface area contributed by atoms with Gasteiger partial charge in [0.25, 0.3) is 0 Å². The lowest BCUT2D eigenvalue weighted by Crippen LogP contribution is -2.41. The van der Waals surface area contributed by atoms with Gasteiger partial charge in [-0.1, -0.05) is 23.7 Å². The number of H-pyrrole nitrogens is 1. The highest BCUT2D eigenvalue weighted by Gasteiger charge is 2.24. The number of aromatic nitrogens is 3. The number of para-hydroxylation sites is 1. The maximum Gasteiger partial charge on any atom is 0.214 e. The maximum absolute atomic E-state index is 14.0. The quantitative estimate of drug-likeness (QED) is 0.181. The van der Waals surface area contributed by atoms with E-state index < -0.39 is 5.82 Å². The number of ketones is 1. The van der Waals surface area contributed by atoms with E-state index in [-0.39, 0.29) is 29.0 Å². The van der Waals surface area contributed by atoms with Crippen molar-refractivity contribution >= 4 is 34.1 Å². The van der Waals surface area contributed by atoms with Crippen LogP contribution in [0.1, 0.15) is 48.3 Å². The topological polar surface area (TPSA) is 98.4 Å². The number of ether oxygens (including phenoxy) is 2. The van der Waals surface area contributed by atoms with Crippen LogP contribution in [-0.2, 0) is 0 Å². The lowest BCUT2D eigenvalue weighted by Gasteiger charge is -2.34. The van der Waals surface area contributed by atoms with E-state index >= 15 is 0 Å². The molecule has 10 heteroatoms. The van der Waals surface area contributed by atoms with E-state index in [1.165, 1.54) is 16.9 Å². The van der Waals surface area contributed by atoms with Gasteiger partial charge in [0.15, 0.2) is 11.6 Å². The fourth-order valence-corrected chi connectivity index (χ4v) is 5.70. The monoisotopic (exact) mass is 601 g/mol. The van der Waals surface area contributed by atoms with Gasteiger partial charge < -0.3 is 25.1 Å². The van der Waals surface area contributed by atoms with E-state index in [1.54, 1.807) is 48.5 Å². The zero-order valence-corrected chi connectivity index (χ0v) is 25.0. The van der Waals surface area contributed by atoms with Gasteiger partial charge in [-0.25, -0.2) is 9.07 Å². The summed E-state index contributed by atoms with van der Waals surface area (Å²) in [5, 5.41) is 5.70. The second-order valence-corrected chi connectivity index (χ2v) is 11.6. The number of hydrogen-bond acceptors (Lipinski definition) is 6. The average Bonchev–Trinajstić information content (AvgIpc) is 3.57. The number of nitrogens with two attached hydrogens (primary N) is 1. The molecule has 2 aromatic heterocycles. The molecule has 3 heterocycles. The normalized spacial score (nSPS) is 14.5. The zero-order chi connectivity index (χ0) is 30.2. The molecule has 222 valence electrons. The Morgan fingerprint density at radius 3 is 2.58 bits per heavy atom. The Labute approximate surface area is 254 Å². The SMILES string of the molecule is Cc1cc(Oc2ccccc2F)ccc1-n1ncc(C(=O)c2cc3cc(OC4CCN(C(C)C)CC4)c(Cl)cc3[nH]2)c1N. The molecule has 0 spiro atoms. The summed E-state index contributed by atoms with van der Waals surface area (Å²) in [6.07, 6.45) is 3.43. The van der Waals surface area contributed by atoms with Crippen molar-refractivity contribution in [2.24, 2.45) is 0 Å². The number of carbonyl (C=O) groups excluding carboxylic acids is 1. The van der Waals surface area contributed by atoms with Crippen LogP contribution in [0.25, 0.3) is 16.6 Å². The van der Waals surface area contributed by atoms with E-state index in [1.807, 2.05) is 13.0 Å². The minimum Gasteiger partial charge on any atom is -0.489 e. The van der Waals surface area contributed by atoms with Crippen LogP contribution in [0.4, 0.5) is 10.2 Å². The van der Waals surface area contributed by atoms with Gasteiger partial charge in [-0.3, -0.25) is 4.79 Å². The van der Waals surface area contributed by atoms with Gasteiger partial charge in [-0.05, 0) is 87.7 Å². The molecular formula is C33H33ClFN5O3. The maximum atomic E-state index is 14.0. The number of anilines is 1. The number of nitrogen functional groups attached to an aromatic ring is 1. The number of aryl methyl sites for hydroxylation is 1. The predicted octanol–water partition coefficient (Wildman–Crippen LogP) is 7.31. The number of hydrogen-bond donors (Lipinski definition) is 2. The molecule has 0 radical (unpaired) electrons. The van der Waals surface area contributed by atoms with Crippen molar-refractivity contribution in [1.29, 1.82) is 0 Å². The number of fused-ring (bicyclic) bond motifs is 1. The number of carbonyl (C=O) groups is 1. The minimum absolute atomic E-state index is 0.0965. The number of rotatable bonds is 8. The molecule has 0 aliphatic carbocycles. The molecule has 3 N–H and O–H groups in total. The van der Waals surface area contributed by atoms with Gasteiger partial charge in [0.1, 0.15) is 23.4 Å². The lowest BCUT2D eigenvalue weighted by atomic mass is 10.1. The van der Waals surface area contributed by atoms with Gasteiger partial charge in [0.05, 0.1) is 28.2 Å². The number of likely N-dealkylation sites (tertiary alicyclic amines) is 1. The van der Waals surface area contributed by atoms with Crippen LogP contribution in [0.15, 0.2) is 66.9 Å². The summed E-state index contributed by atoms with van der Waals surface area (Å²) < 4.78 is 27.5. The van der Waals surface area contributed by atoms with Crippen molar-refractivity contribution in [1.82, 2.24) is 19.7 Å². The first-order chi connectivity index (χ1) is 20.7. The second-order valence-electron chi connectivity index (χ2n) is 11.2. The van der Waals surface area contributed by atoms with Gasteiger partial charge in [0.2, 0.25) is 5.78 Å². The molecule has 1 aliphatic heterocycles. The number of benzene rings is 3. The van der Waals surface area contributed by atoms with E-state index in [0.29, 0.717) is 33.9 Å². The standard InChI is InChI=1S/C33H33ClFN5O3/c1-19(2)39-12-10-22(11-13-39)42-31-16-21-15-28(38-27(21)17-25(31)34)32(41)24-18-37-40(33(24)36)29-9-8-23(14-20(29)3)43-30-7-5-4-6-26(30)35/h4-9,14-19,22,38H,10-13,36H2,1-3H3. The van der Waals surface area contributed by atoms with Crippen molar-refractivity contribution < 1.29 is 18.7 Å². The molecule has 3 aromatic carbocycles. The molecule has 6 rings (SSSR count). The summed E-state index contributed by atoms with van der Waals surface area (Å²) in [7, 11) is 0. The molecule has 1 aliphatic rings. The highest BCUT2D eigenvalue weighted by atomic mass is 35.5. The van der Waals surface area contributed by atoms with E-state index in [9.17, 15) is 9.18 Å². The molecule has 0 atom stereocenters. The van der Waals surface area contributed by atoms with E-state index in [4.69, 9.17) is 26.8 Å². The van der Waals surface area contributed by atoms with Gasteiger partial charge in [-0.2, -0.15) is 5.10 Å². The summed E-state index contributed by atoms with van der Waals surface area (Å²) in [6.45, 7) is 8.26. The molecule has 43 heavy (non-hydrogen) atoms. The summed E-state index contributed by atoms with van der Waals surface area (Å²) in [4.78, 5) is 19.2. The molecule has 0 amide bonds. The fourth-order valence-electron chi connectivity index (χ4n) is 5.49. The Kier molecular flexibility index (Phi) is 7.85. The third-order valence-electron chi connectivity index (χ3n) is 7.93. The number of piperidine rings is 1. The second kappa shape index (κ2) is 11.7. The smallest absolute Gasteiger partial charge is 0.214 e. The molecule has 0 bridgehead atoms. The van der Waals surface area contributed by atoms with E-state index in [0.717, 1.165) is 42.4 Å². The van der Waals surface area contributed by atoms with Crippen molar-refractivity contribution in [3.05, 3.63) is 94.5 Å². The molecule has 0 saturated carbocycles. The summed E-state index contributed by atoms with van der Waals surface area (Å²) in [6, 6.07) is 17.4. The number of nitrogens with one attached hydrogen (secondary N) is 1. The van der Waals surface area contributed by atoms with E-state index in [2.05, 4.69) is 28.8 Å². The Morgan fingerprint density at radius 2 is 1.86 bits per heavy atom. The van der Waals surface area contributed by atoms with Crippen LogP contribution in [0.3, 0.4) is 0 Å². The molecule has 0 unspecified atom stereocenters. The van der Waals surface area contributed by atoms with Crippen LogP contribution in [0.2, 0.25) is 5.02 Å². The van der Waals surface area contributed by atoms with Gasteiger partial charge in [-0.15, -0.1) is 0 Å². The van der Waals surface area contributed by atoms with Crippen molar-refractivity contribution in [3.63, 3.8) is 0 Å². The molecule has 5 aromatic rings. The van der Waals surface area contributed by atoms with Crippen LogP contribution < -0.4 is 15.2 Å². The van der Waals surface area contributed by atoms with Crippen molar-refractivity contribution in [2.45, 2.75) is 45.8 Å². The number of nitrogens with zero attached hydrogens (tertiary/aromatic N) is 3. The Morgan fingerprint density at radius 1 is 1.09 bits per heavy atom. The van der Waals surface area contributed by atoms with Crippen LogP contribution in [0.5, 0.6) is 17.2 Å². The highest BCUT2D eigenvalue weighted by molar-refractivity contribution is 6.32. The molecule has 1 fully saturated rings. The summed E-state index contributed by atoms with van der Waals surface area (Å²) >= 11 is 6.58. The largest absolute Gasteiger partial charge is 0.489 e. The number of aromatic amines is 1. The van der Waals surface area contributed by atoms with Crippen molar-refractivity contribution in [2.75, 3.05) is 18.8 Å². The zero-order valence-electron chi connectivity index (χ0n) is 24.2. The van der Waals surface area contributed by atoms with Crippen LogP contribution in [0, 0.1) is 12.7 Å². The van der Waals surface area contributed by atoms with Crippen LogP contribution >= 0.6 is 11.6 Å².